The fourth-order valence-corrected chi connectivity index (χ4v) is 2.16. The second kappa shape index (κ2) is 6.29. The van der Waals surface area contributed by atoms with E-state index in [2.05, 4.69) is 10.3 Å². The van der Waals surface area contributed by atoms with Gasteiger partial charge in [0.05, 0.1) is 22.6 Å². The number of aromatic carboxylic acids is 1. The van der Waals surface area contributed by atoms with Crippen LogP contribution >= 0.6 is 11.6 Å². The third kappa shape index (κ3) is 3.42. The molecular formula is C13H15ClN4O2. The number of nitrogens with zero attached hydrogens (tertiary/aromatic N) is 2. The van der Waals surface area contributed by atoms with E-state index in [9.17, 15) is 4.79 Å². The summed E-state index contributed by atoms with van der Waals surface area (Å²) in [6, 6.07) is 2.93. The highest BCUT2D eigenvalue weighted by atomic mass is 35.5. The maximum atomic E-state index is 11.2. The van der Waals surface area contributed by atoms with Crippen LogP contribution in [0, 0.1) is 0 Å². The fourth-order valence-electron chi connectivity index (χ4n) is 1.87. The maximum Gasteiger partial charge on any atom is 0.337 e. The normalized spacial score (nSPS) is 10.4. The Labute approximate surface area is 121 Å². The third-order valence-electron chi connectivity index (χ3n) is 2.80. The van der Waals surface area contributed by atoms with Gasteiger partial charge in [0.25, 0.3) is 0 Å². The molecule has 1 heterocycles. The van der Waals surface area contributed by atoms with Crippen LogP contribution in [0.15, 0.2) is 30.9 Å². The van der Waals surface area contributed by atoms with Crippen LogP contribution in [0.4, 0.5) is 11.4 Å². The molecule has 4 N–H and O–H groups in total. The Balaban J connectivity index is 2.00. The zero-order chi connectivity index (χ0) is 14.5. The Bertz CT molecular complexity index is 599. The van der Waals surface area contributed by atoms with Gasteiger partial charge in [-0.1, -0.05) is 11.6 Å². The number of hydrogen-bond donors (Lipinski definition) is 3. The molecule has 0 spiro atoms. The lowest BCUT2D eigenvalue weighted by Crippen LogP contribution is -2.10. The van der Waals surface area contributed by atoms with Crippen molar-refractivity contribution >= 4 is 28.9 Å². The van der Waals surface area contributed by atoms with Crippen molar-refractivity contribution in [1.82, 2.24) is 9.55 Å². The molecule has 0 fully saturated rings. The largest absolute Gasteiger partial charge is 0.478 e. The van der Waals surface area contributed by atoms with Gasteiger partial charge in [0.1, 0.15) is 0 Å². The monoisotopic (exact) mass is 294 g/mol. The van der Waals surface area contributed by atoms with Crippen LogP contribution in [0.1, 0.15) is 16.8 Å². The van der Waals surface area contributed by atoms with Crippen molar-refractivity contribution in [2.45, 2.75) is 13.0 Å². The lowest BCUT2D eigenvalue weighted by Gasteiger charge is -2.12. The molecule has 0 radical (unpaired) electrons. The zero-order valence-corrected chi connectivity index (χ0v) is 11.5. The van der Waals surface area contributed by atoms with E-state index in [0.29, 0.717) is 22.9 Å². The number of benzene rings is 1. The van der Waals surface area contributed by atoms with Crippen LogP contribution in [0.5, 0.6) is 0 Å². The van der Waals surface area contributed by atoms with Crippen molar-refractivity contribution < 1.29 is 9.90 Å². The minimum atomic E-state index is -1.06. The Morgan fingerprint density at radius 1 is 1.50 bits per heavy atom. The van der Waals surface area contributed by atoms with Crippen LogP contribution in [-0.2, 0) is 6.54 Å². The van der Waals surface area contributed by atoms with Gasteiger partial charge in [0, 0.05) is 31.2 Å². The fraction of sp³-hybridized carbons (Fsp3) is 0.231. The lowest BCUT2D eigenvalue weighted by atomic mass is 10.1. The number of nitrogen functional groups attached to an aromatic ring is 1. The van der Waals surface area contributed by atoms with E-state index in [1.54, 1.807) is 12.5 Å². The molecule has 0 atom stereocenters. The number of nitrogens with two attached hydrogens (primary N) is 1. The molecule has 1 aromatic carbocycles. The first-order valence-corrected chi connectivity index (χ1v) is 6.47. The van der Waals surface area contributed by atoms with Gasteiger partial charge in [-0.2, -0.15) is 0 Å². The average molecular weight is 295 g/mol. The first-order valence-electron chi connectivity index (χ1n) is 6.10. The predicted molar refractivity (Wildman–Crippen MR) is 78.2 cm³/mol. The quantitative estimate of drug-likeness (QED) is 0.561. The van der Waals surface area contributed by atoms with Crippen LogP contribution in [0.3, 0.4) is 0 Å². The van der Waals surface area contributed by atoms with Crippen LogP contribution in [-0.4, -0.2) is 27.2 Å². The number of aryl methyl sites for hydroxylation is 1. The molecule has 0 saturated heterocycles. The molecule has 7 heteroatoms. The SMILES string of the molecule is Nc1cc(Cl)c(NCCCn2ccnc2)c(C(=O)O)c1. The summed E-state index contributed by atoms with van der Waals surface area (Å²) in [4.78, 5) is 15.1. The van der Waals surface area contributed by atoms with Gasteiger partial charge in [0.2, 0.25) is 0 Å². The van der Waals surface area contributed by atoms with Gasteiger partial charge in [-0.3, -0.25) is 0 Å². The smallest absolute Gasteiger partial charge is 0.337 e. The average Bonchev–Trinajstić information content (AvgIpc) is 2.88. The molecule has 0 bridgehead atoms. The molecule has 0 amide bonds. The van der Waals surface area contributed by atoms with Crippen LogP contribution in [0.2, 0.25) is 5.02 Å². The number of carboxylic acids is 1. The number of anilines is 2. The van der Waals surface area contributed by atoms with E-state index < -0.39 is 5.97 Å². The summed E-state index contributed by atoms with van der Waals surface area (Å²) in [6.07, 6.45) is 6.14. The van der Waals surface area contributed by atoms with Gasteiger partial charge in [-0.25, -0.2) is 9.78 Å². The Hall–Kier alpha value is -2.21. The van der Waals surface area contributed by atoms with Crippen molar-refractivity contribution in [2.24, 2.45) is 0 Å². The highest BCUT2D eigenvalue weighted by Crippen LogP contribution is 2.29. The summed E-state index contributed by atoms with van der Waals surface area (Å²) < 4.78 is 1.95. The van der Waals surface area contributed by atoms with Gasteiger partial charge >= 0.3 is 5.97 Å². The molecule has 106 valence electrons. The van der Waals surface area contributed by atoms with Crippen molar-refractivity contribution in [3.8, 4) is 0 Å². The first-order chi connectivity index (χ1) is 9.58. The van der Waals surface area contributed by atoms with Gasteiger partial charge in [-0.05, 0) is 18.6 Å². The molecule has 0 aliphatic heterocycles. The Kier molecular flexibility index (Phi) is 4.47. The number of halogens is 1. The maximum absolute atomic E-state index is 11.2. The number of hydrogen-bond acceptors (Lipinski definition) is 4. The second-order valence-electron chi connectivity index (χ2n) is 4.31. The molecule has 0 aliphatic rings. The predicted octanol–water partition coefficient (Wildman–Crippen LogP) is 2.32. The first kappa shape index (κ1) is 14.2. The summed E-state index contributed by atoms with van der Waals surface area (Å²) in [6.45, 7) is 1.39. The summed E-state index contributed by atoms with van der Waals surface area (Å²) in [5.74, 6) is -1.06. The number of imidazole rings is 1. The third-order valence-corrected chi connectivity index (χ3v) is 3.10. The molecule has 0 unspecified atom stereocenters. The zero-order valence-electron chi connectivity index (χ0n) is 10.7. The molecular weight excluding hydrogens is 280 g/mol. The number of carbonyl (C=O) groups is 1. The lowest BCUT2D eigenvalue weighted by molar-refractivity contribution is 0.0698. The van der Waals surface area contributed by atoms with Crippen LogP contribution < -0.4 is 11.1 Å². The van der Waals surface area contributed by atoms with E-state index in [0.717, 1.165) is 13.0 Å². The highest BCUT2D eigenvalue weighted by molar-refractivity contribution is 6.34. The van der Waals surface area contributed by atoms with Crippen molar-refractivity contribution in [1.29, 1.82) is 0 Å². The van der Waals surface area contributed by atoms with Crippen molar-refractivity contribution in [2.75, 3.05) is 17.6 Å². The minimum Gasteiger partial charge on any atom is -0.478 e. The van der Waals surface area contributed by atoms with E-state index in [1.807, 2.05) is 10.8 Å². The molecule has 2 aromatic rings. The van der Waals surface area contributed by atoms with Crippen molar-refractivity contribution in [3.63, 3.8) is 0 Å². The van der Waals surface area contributed by atoms with E-state index in [1.165, 1.54) is 12.1 Å². The molecule has 1 aromatic heterocycles. The standard InChI is InChI=1S/C13H15ClN4O2/c14-11-7-9(15)6-10(13(19)20)12(11)17-2-1-4-18-5-3-16-8-18/h3,5-8,17H,1-2,4,15H2,(H,19,20). The summed E-state index contributed by atoms with van der Waals surface area (Å²) in [7, 11) is 0. The number of aromatic nitrogens is 2. The van der Waals surface area contributed by atoms with E-state index >= 15 is 0 Å². The molecule has 0 aliphatic carbocycles. The molecule has 2 rings (SSSR count). The second-order valence-corrected chi connectivity index (χ2v) is 4.72. The van der Waals surface area contributed by atoms with E-state index in [-0.39, 0.29) is 5.56 Å². The summed E-state index contributed by atoms with van der Waals surface area (Å²) >= 11 is 6.04. The van der Waals surface area contributed by atoms with Crippen LogP contribution in [0.25, 0.3) is 0 Å². The summed E-state index contributed by atoms with van der Waals surface area (Å²) in [5, 5.41) is 12.5. The van der Waals surface area contributed by atoms with Crippen molar-refractivity contribution in [3.05, 3.63) is 41.4 Å². The van der Waals surface area contributed by atoms with Gasteiger partial charge in [0.15, 0.2) is 0 Å². The van der Waals surface area contributed by atoms with E-state index in [4.69, 9.17) is 22.4 Å². The Morgan fingerprint density at radius 3 is 2.95 bits per heavy atom. The Morgan fingerprint density at radius 2 is 2.30 bits per heavy atom. The minimum absolute atomic E-state index is 0.0811. The topological polar surface area (TPSA) is 93.2 Å². The molecule has 6 nitrogen and oxygen atoms in total. The summed E-state index contributed by atoms with van der Waals surface area (Å²) in [5.41, 5.74) is 6.41. The number of carboxylic acid groups (broad SMARTS) is 1. The molecule has 0 saturated carbocycles. The molecule has 20 heavy (non-hydrogen) atoms. The van der Waals surface area contributed by atoms with Gasteiger partial charge < -0.3 is 20.7 Å². The number of nitrogens with one attached hydrogen (secondary N) is 1. The van der Waals surface area contributed by atoms with Gasteiger partial charge in [-0.15, -0.1) is 0 Å². The highest BCUT2D eigenvalue weighted by Gasteiger charge is 2.14. The number of rotatable bonds is 6.